The molecule has 1 aromatic heterocycles. The predicted molar refractivity (Wildman–Crippen MR) is 57.1 cm³/mol. The van der Waals surface area contributed by atoms with Crippen molar-refractivity contribution in [3.63, 3.8) is 0 Å². The molecule has 1 rings (SSSR count). The third kappa shape index (κ3) is 2.21. The molecule has 1 aromatic rings. The van der Waals surface area contributed by atoms with Gasteiger partial charge in [-0.15, -0.1) is 0 Å². The smallest absolute Gasteiger partial charge is 0.0632 e. The van der Waals surface area contributed by atoms with Gasteiger partial charge in [-0.25, -0.2) is 0 Å². The summed E-state index contributed by atoms with van der Waals surface area (Å²) in [5.74, 6) is 0. The third-order valence-corrected chi connectivity index (χ3v) is 2.41. The van der Waals surface area contributed by atoms with Crippen LogP contribution >= 0.6 is 0 Å². The van der Waals surface area contributed by atoms with E-state index in [2.05, 4.69) is 4.98 Å². The van der Waals surface area contributed by atoms with E-state index >= 15 is 0 Å². The van der Waals surface area contributed by atoms with E-state index in [-0.39, 0.29) is 12.6 Å². The third-order valence-electron chi connectivity index (χ3n) is 2.41. The maximum Gasteiger partial charge on any atom is 0.0632 e. The molecule has 0 fully saturated rings. The molecule has 0 aliphatic rings. The first kappa shape index (κ1) is 10.9. The highest BCUT2D eigenvalue weighted by atomic mass is 16.3. The maximum atomic E-state index is 9.04. The second-order valence-corrected chi connectivity index (χ2v) is 3.35. The van der Waals surface area contributed by atoms with Crippen molar-refractivity contribution in [2.45, 2.75) is 19.5 Å². The normalized spacial score (nSPS) is 12.6. The number of aliphatic hydroxyl groups is 1. The molecule has 0 radical (unpaired) electrons. The van der Waals surface area contributed by atoms with Crippen molar-refractivity contribution in [2.75, 3.05) is 18.6 Å². The molecule has 4 nitrogen and oxygen atoms in total. The van der Waals surface area contributed by atoms with Crippen molar-refractivity contribution in [1.29, 1.82) is 0 Å². The average Bonchev–Trinajstić information content (AvgIpc) is 2.26. The number of hydrogen-bond donors (Lipinski definition) is 2. The number of anilines is 1. The molecule has 0 aromatic carbocycles. The minimum absolute atomic E-state index is 0.0736. The summed E-state index contributed by atoms with van der Waals surface area (Å²) in [5, 5.41) is 9.04. The van der Waals surface area contributed by atoms with Crippen LogP contribution in [0.4, 0.5) is 5.69 Å². The minimum Gasteiger partial charge on any atom is -0.394 e. The van der Waals surface area contributed by atoms with Crippen LogP contribution < -0.4 is 10.6 Å². The zero-order valence-electron chi connectivity index (χ0n) is 8.64. The fourth-order valence-corrected chi connectivity index (χ4v) is 1.27. The summed E-state index contributed by atoms with van der Waals surface area (Å²) in [6.45, 7) is 2.56. The van der Waals surface area contributed by atoms with Gasteiger partial charge in [0.1, 0.15) is 0 Å². The van der Waals surface area contributed by atoms with E-state index < -0.39 is 0 Å². The summed E-state index contributed by atoms with van der Waals surface area (Å²) in [5.41, 5.74) is 7.64. The summed E-state index contributed by atoms with van der Waals surface area (Å²) in [4.78, 5) is 6.03. The number of nitrogens with two attached hydrogens (primary N) is 1. The quantitative estimate of drug-likeness (QED) is 0.728. The number of aromatic nitrogens is 1. The average molecular weight is 195 g/mol. The van der Waals surface area contributed by atoms with Gasteiger partial charge in [0.05, 0.1) is 18.5 Å². The van der Waals surface area contributed by atoms with E-state index in [9.17, 15) is 0 Å². The lowest BCUT2D eigenvalue weighted by Crippen LogP contribution is -2.32. The Balaban J connectivity index is 2.93. The van der Waals surface area contributed by atoms with Gasteiger partial charge < -0.3 is 15.7 Å². The molecule has 0 saturated heterocycles. The fraction of sp³-hybridized carbons (Fsp3) is 0.500. The molecular formula is C10H17N3O. The molecule has 0 aliphatic carbocycles. The standard InChI is InChI=1S/C10H17N3O/c1-8(7-14)13(2)10-6-12-4-3-9(10)5-11/h3-4,6,8,14H,5,7,11H2,1-2H3. The monoisotopic (exact) mass is 195 g/mol. The van der Waals surface area contributed by atoms with Crippen molar-refractivity contribution in [3.8, 4) is 0 Å². The topological polar surface area (TPSA) is 62.4 Å². The Bertz CT molecular complexity index is 290. The first-order valence-electron chi connectivity index (χ1n) is 4.67. The van der Waals surface area contributed by atoms with Gasteiger partial charge in [0.2, 0.25) is 0 Å². The van der Waals surface area contributed by atoms with Crippen LogP contribution in [0.25, 0.3) is 0 Å². The molecule has 1 unspecified atom stereocenters. The number of aliphatic hydroxyl groups excluding tert-OH is 1. The van der Waals surface area contributed by atoms with Crippen molar-refractivity contribution < 1.29 is 5.11 Å². The van der Waals surface area contributed by atoms with Gasteiger partial charge in [0.25, 0.3) is 0 Å². The van der Waals surface area contributed by atoms with Crippen molar-refractivity contribution in [2.24, 2.45) is 5.73 Å². The lowest BCUT2D eigenvalue weighted by Gasteiger charge is -2.26. The number of rotatable bonds is 4. The second-order valence-electron chi connectivity index (χ2n) is 3.35. The zero-order valence-corrected chi connectivity index (χ0v) is 8.64. The van der Waals surface area contributed by atoms with Crippen molar-refractivity contribution in [3.05, 3.63) is 24.0 Å². The lowest BCUT2D eigenvalue weighted by molar-refractivity contribution is 0.270. The van der Waals surface area contributed by atoms with Gasteiger partial charge in [-0.1, -0.05) is 0 Å². The first-order valence-corrected chi connectivity index (χ1v) is 4.67. The Kier molecular flexibility index (Phi) is 3.85. The van der Waals surface area contributed by atoms with Gasteiger partial charge in [-0.05, 0) is 18.6 Å². The van der Waals surface area contributed by atoms with E-state index in [1.54, 1.807) is 12.4 Å². The van der Waals surface area contributed by atoms with E-state index in [1.807, 2.05) is 24.9 Å². The Morgan fingerprint density at radius 2 is 2.36 bits per heavy atom. The molecule has 78 valence electrons. The SMILES string of the molecule is CC(CO)N(C)c1cnccc1CN. The second kappa shape index (κ2) is 4.93. The maximum absolute atomic E-state index is 9.04. The number of hydrogen-bond acceptors (Lipinski definition) is 4. The van der Waals surface area contributed by atoms with Crippen LogP contribution in [0.2, 0.25) is 0 Å². The largest absolute Gasteiger partial charge is 0.394 e. The Labute approximate surface area is 84.4 Å². The van der Waals surface area contributed by atoms with E-state index in [4.69, 9.17) is 10.8 Å². The molecule has 0 amide bonds. The molecular weight excluding hydrogens is 178 g/mol. The van der Waals surface area contributed by atoms with Crippen LogP contribution in [0.3, 0.4) is 0 Å². The van der Waals surface area contributed by atoms with Gasteiger partial charge in [-0.3, -0.25) is 4.98 Å². The summed E-state index contributed by atoms with van der Waals surface area (Å²) >= 11 is 0. The number of pyridine rings is 1. The zero-order chi connectivity index (χ0) is 10.6. The summed E-state index contributed by atoms with van der Waals surface area (Å²) in [6, 6.07) is 1.97. The summed E-state index contributed by atoms with van der Waals surface area (Å²) < 4.78 is 0. The van der Waals surface area contributed by atoms with Crippen molar-refractivity contribution >= 4 is 5.69 Å². The van der Waals surface area contributed by atoms with E-state index in [0.29, 0.717) is 6.54 Å². The molecule has 1 heterocycles. The van der Waals surface area contributed by atoms with Gasteiger partial charge >= 0.3 is 0 Å². The summed E-state index contributed by atoms with van der Waals surface area (Å²) in [6.07, 6.45) is 3.50. The highest BCUT2D eigenvalue weighted by Crippen LogP contribution is 2.18. The van der Waals surface area contributed by atoms with E-state index in [0.717, 1.165) is 11.3 Å². The van der Waals surface area contributed by atoms with Crippen LogP contribution in [-0.4, -0.2) is 29.8 Å². The highest BCUT2D eigenvalue weighted by molar-refractivity contribution is 5.51. The molecule has 0 aliphatic heterocycles. The van der Waals surface area contributed by atoms with Crippen molar-refractivity contribution in [1.82, 2.24) is 4.98 Å². The molecule has 0 saturated carbocycles. The molecule has 14 heavy (non-hydrogen) atoms. The van der Waals surface area contributed by atoms with Crippen LogP contribution in [0, 0.1) is 0 Å². The van der Waals surface area contributed by atoms with Crippen LogP contribution in [0.5, 0.6) is 0 Å². The Morgan fingerprint density at radius 3 is 2.93 bits per heavy atom. The molecule has 1 atom stereocenters. The van der Waals surface area contributed by atoms with Gasteiger partial charge in [0.15, 0.2) is 0 Å². The van der Waals surface area contributed by atoms with Crippen LogP contribution in [0.15, 0.2) is 18.5 Å². The van der Waals surface area contributed by atoms with Gasteiger partial charge in [-0.2, -0.15) is 0 Å². The lowest BCUT2D eigenvalue weighted by atomic mass is 10.2. The number of nitrogens with zero attached hydrogens (tertiary/aromatic N) is 2. The highest BCUT2D eigenvalue weighted by Gasteiger charge is 2.11. The first-order chi connectivity index (χ1) is 6.70. The van der Waals surface area contributed by atoms with E-state index in [1.165, 1.54) is 0 Å². The molecule has 3 N–H and O–H groups in total. The number of likely N-dealkylation sites (N-methyl/N-ethyl adjacent to an activating group) is 1. The molecule has 0 spiro atoms. The Morgan fingerprint density at radius 1 is 1.64 bits per heavy atom. The Hall–Kier alpha value is -1.13. The van der Waals surface area contributed by atoms with Crippen LogP contribution in [-0.2, 0) is 6.54 Å². The molecule has 4 heteroatoms. The molecule has 0 bridgehead atoms. The van der Waals surface area contributed by atoms with Crippen LogP contribution in [0.1, 0.15) is 12.5 Å². The predicted octanol–water partition coefficient (Wildman–Crippen LogP) is 0.357. The fourth-order valence-electron chi connectivity index (χ4n) is 1.27. The minimum atomic E-state index is 0.0736. The summed E-state index contributed by atoms with van der Waals surface area (Å²) in [7, 11) is 1.93. The van der Waals surface area contributed by atoms with Gasteiger partial charge in [0, 0.05) is 25.8 Å².